The number of benzene rings is 1. The van der Waals surface area contributed by atoms with Crippen molar-refractivity contribution < 1.29 is 24.2 Å². The molecule has 0 amide bonds. The lowest BCUT2D eigenvalue weighted by atomic mass is 9.95. The van der Waals surface area contributed by atoms with Crippen LogP contribution in [0, 0.1) is 0 Å². The zero-order chi connectivity index (χ0) is 16.3. The Labute approximate surface area is 128 Å². The molecule has 1 aromatic carbocycles. The van der Waals surface area contributed by atoms with Crippen LogP contribution in [0.5, 0.6) is 0 Å². The number of carbonyl (C=O) groups is 2. The Morgan fingerprint density at radius 1 is 1.05 bits per heavy atom. The first-order valence-corrected chi connectivity index (χ1v) is 7.03. The van der Waals surface area contributed by atoms with Crippen molar-refractivity contribution in [1.82, 2.24) is 0 Å². The van der Waals surface area contributed by atoms with E-state index in [1.54, 1.807) is 0 Å². The lowest BCUT2D eigenvalue weighted by Crippen LogP contribution is -2.14. The molecular weight excluding hydrogens is 284 g/mol. The molecule has 0 saturated carbocycles. The van der Waals surface area contributed by atoms with E-state index >= 15 is 0 Å². The Balaban J connectivity index is 2.21. The van der Waals surface area contributed by atoms with Crippen molar-refractivity contribution in [3.05, 3.63) is 59.0 Å². The van der Waals surface area contributed by atoms with E-state index in [1.165, 1.54) is 17.7 Å². The van der Waals surface area contributed by atoms with Crippen LogP contribution in [-0.4, -0.2) is 22.2 Å². The molecule has 0 radical (unpaired) electrons. The largest absolute Gasteiger partial charge is 0.481 e. The number of carboxylic acid groups (broad SMARTS) is 2. The van der Waals surface area contributed by atoms with Gasteiger partial charge in [-0.2, -0.15) is 0 Å². The summed E-state index contributed by atoms with van der Waals surface area (Å²) in [6.45, 7) is 4.18. The second-order valence-corrected chi connectivity index (χ2v) is 5.50. The van der Waals surface area contributed by atoms with Gasteiger partial charge in [-0.15, -0.1) is 0 Å². The molecule has 1 aromatic heterocycles. The number of carboxylic acids is 2. The van der Waals surface area contributed by atoms with Gasteiger partial charge in [0.1, 0.15) is 11.7 Å². The smallest absolute Gasteiger partial charge is 0.371 e. The lowest BCUT2D eigenvalue weighted by molar-refractivity contribution is -0.139. The van der Waals surface area contributed by atoms with E-state index in [-0.39, 0.29) is 17.9 Å². The van der Waals surface area contributed by atoms with E-state index in [1.807, 2.05) is 24.3 Å². The number of aliphatic carboxylic acids is 1. The Hall–Kier alpha value is -2.56. The van der Waals surface area contributed by atoms with Crippen LogP contribution in [0.25, 0.3) is 0 Å². The molecular formula is C17H18O5. The third-order valence-corrected chi connectivity index (χ3v) is 3.57. The first-order valence-electron chi connectivity index (χ1n) is 7.03. The van der Waals surface area contributed by atoms with Gasteiger partial charge in [-0.05, 0) is 35.6 Å². The predicted octanol–water partition coefficient (Wildman–Crippen LogP) is 3.51. The fourth-order valence-corrected chi connectivity index (χ4v) is 2.24. The zero-order valence-electron chi connectivity index (χ0n) is 12.4. The van der Waals surface area contributed by atoms with Gasteiger partial charge in [0.15, 0.2) is 0 Å². The van der Waals surface area contributed by atoms with Crippen molar-refractivity contribution in [2.24, 2.45) is 0 Å². The molecule has 1 atom stereocenters. The van der Waals surface area contributed by atoms with Gasteiger partial charge in [0, 0.05) is 0 Å². The maximum Gasteiger partial charge on any atom is 0.371 e. The zero-order valence-corrected chi connectivity index (χ0v) is 12.4. The van der Waals surface area contributed by atoms with Crippen molar-refractivity contribution in [1.29, 1.82) is 0 Å². The fourth-order valence-electron chi connectivity index (χ4n) is 2.24. The lowest BCUT2D eigenvalue weighted by Gasteiger charge is -2.11. The minimum absolute atomic E-state index is 0.151. The van der Waals surface area contributed by atoms with Gasteiger partial charge >= 0.3 is 11.9 Å². The van der Waals surface area contributed by atoms with Crippen LogP contribution in [0.2, 0.25) is 0 Å². The van der Waals surface area contributed by atoms with Crippen LogP contribution in [0.1, 0.15) is 53.1 Å². The number of aromatic carboxylic acids is 1. The molecule has 1 unspecified atom stereocenters. The van der Waals surface area contributed by atoms with E-state index < -0.39 is 17.9 Å². The summed E-state index contributed by atoms with van der Waals surface area (Å²) in [7, 11) is 0. The first kappa shape index (κ1) is 15.8. The van der Waals surface area contributed by atoms with Crippen LogP contribution < -0.4 is 0 Å². The van der Waals surface area contributed by atoms with Crippen LogP contribution in [0.15, 0.2) is 40.8 Å². The average Bonchev–Trinajstić information content (AvgIpc) is 2.94. The number of hydrogen-bond donors (Lipinski definition) is 2. The van der Waals surface area contributed by atoms with Crippen molar-refractivity contribution in [2.45, 2.75) is 32.1 Å². The van der Waals surface area contributed by atoms with E-state index in [9.17, 15) is 14.7 Å². The monoisotopic (exact) mass is 302 g/mol. The molecule has 0 fully saturated rings. The Kier molecular flexibility index (Phi) is 4.65. The molecule has 0 spiro atoms. The van der Waals surface area contributed by atoms with E-state index in [0.717, 1.165) is 5.56 Å². The molecule has 2 N–H and O–H groups in total. The second-order valence-electron chi connectivity index (χ2n) is 5.50. The highest BCUT2D eigenvalue weighted by molar-refractivity contribution is 5.84. The van der Waals surface area contributed by atoms with Crippen LogP contribution in [-0.2, 0) is 11.2 Å². The summed E-state index contributed by atoms with van der Waals surface area (Å²) in [5.41, 5.74) is 2.05. The summed E-state index contributed by atoms with van der Waals surface area (Å²) < 4.78 is 5.12. The maximum absolute atomic E-state index is 11.5. The molecule has 2 aromatic rings. The minimum atomic E-state index is -1.21. The summed E-state index contributed by atoms with van der Waals surface area (Å²) in [4.78, 5) is 22.3. The van der Waals surface area contributed by atoms with E-state index in [2.05, 4.69) is 13.8 Å². The quantitative estimate of drug-likeness (QED) is 0.852. The van der Waals surface area contributed by atoms with Crippen LogP contribution in [0.4, 0.5) is 0 Å². The minimum Gasteiger partial charge on any atom is -0.481 e. The summed E-state index contributed by atoms with van der Waals surface area (Å²) in [6, 6.07) is 10.4. The van der Waals surface area contributed by atoms with Gasteiger partial charge in [-0.25, -0.2) is 4.79 Å². The highest BCUT2D eigenvalue weighted by Crippen LogP contribution is 2.25. The van der Waals surface area contributed by atoms with Gasteiger partial charge in [0.05, 0.1) is 0 Å². The van der Waals surface area contributed by atoms with Crippen LogP contribution >= 0.6 is 0 Å². The summed E-state index contributed by atoms with van der Waals surface area (Å²) in [5, 5.41) is 18.2. The number of hydrogen-bond acceptors (Lipinski definition) is 3. The standard InChI is InChI=1S/C17H18O5/c1-10(2)12-5-3-11(4-6-12)9-13(16(18)19)14-7-8-15(22-14)17(20)21/h3-8,10,13H,9H2,1-2H3,(H,18,19)(H,20,21). The molecule has 5 heteroatoms. The van der Waals surface area contributed by atoms with Gasteiger partial charge in [0.25, 0.3) is 0 Å². The molecule has 0 aliphatic carbocycles. The van der Waals surface area contributed by atoms with Gasteiger partial charge < -0.3 is 14.6 Å². The van der Waals surface area contributed by atoms with Crippen molar-refractivity contribution in [3.8, 4) is 0 Å². The van der Waals surface area contributed by atoms with Crippen molar-refractivity contribution >= 4 is 11.9 Å². The van der Waals surface area contributed by atoms with Gasteiger partial charge in [0.2, 0.25) is 5.76 Å². The number of rotatable bonds is 6. The highest BCUT2D eigenvalue weighted by atomic mass is 16.4. The molecule has 0 aliphatic rings. The van der Waals surface area contributed by atoms with Gasteiger partial charge in [-0.3, -0.25) is 4.79 Å². The molecule has 0 saturated heterocycles. The normalized spacial score (nSPS) is 12.3. The molecule has 22 heavy (non-hydrogen) atoms. The topological polar surface area (TPSA) is 87.7 Å². The SMILES string of the molecule is CC(C)c1ccc(CC(C(=O)O)c2ccc(C(=O)O)o2)cc1. The molecule has 116 valence electrons. The average molecular weight is 302 g/mol. The van der Waals surface area contributed by atoms with E-state index in [0.29, 0.717) is 5.92 Å². The Bertz CT molecular complexity index is 667. The highest BCUT2D eigenvalue weighted by Gasteiger charge is 2.25. The summed E-state index contributed by atoms with van der Waals surface area (Å²) >= 11 is 0. The molecule has 0 bridgehead atoms. The van der Waals surface area contributed by atoms with Crippen LogP contribution in [0.3, 0.4) is 0 Å². The third-order valence-electron chi connectivity index (χ3n) is 3.57. The maximum atomic E-state index is 11.5. The summed E-state index contributed by atoms with van der Waals surface area (Å²) in [6.07, 6.45) is 0.250. The van der Waals surface area contributed by atoms with Crippen molar-refractivity contribution in [3.63, 3.8) is 0 Å². The first-order chi connectivity index (χ1) is 10.4. The molecule has 2 rings (SSSR count). The fraction of sp³-hybridized carbons (Fsp3) is 0.294. The third kappa shape index (κ3) is 3.55. The second kappa shape index (κ2) is 6.47. The summed E-state index contributed by atoms with van der Waals surface area (Å²) in [5.74, 6) is -2.85. The van der Waals surface area contributed by atoms with E-state index in [4.69, 9.17) is 9.52 Å². The Morgan fingerprint density at radius 2 is 1.68 bits per heavy atom. The predicted molar refractivity (Wildman–Crippen MR) is 80.3 cm³/mol. The van der Waals surface area contributed by atoms with Gasteiger partial charge in [-0.1, -0.05) is 38.1 Å². The Morgan fingerprint density at radius 3 is 2.14 bits per heavy atom. The molecule has 0 aliphatic heterocycles. The van der Waals surface area contributed by atoms with Crippen molar-refractivity contribution in [2.75, 3.05) is 0 Å². The number of furan rings is 1. The molecule has 1 heterocycles. The molecule has 5 nitrogen and oxygen atoms in total.